The minimum Gasteiger partial charge on any atom is -0.333 e. The summed E-state index contributed by atoms with van der Waals surface area (Å²) in [4.78, 5) is 10.6. The standard InChI is InChI=1S/C10H7ClF5NO3S/c1-17(4-10(14,15)16)9(18)5-2-8(21(11,19)20)7(13)3-6(5)12/h2-3H,4H2,1H3. The maximum absolute atomic E-state index is 13.5. The normalized spacial score (nSPS) is 12.3. The summed E-state index contributed by atoms with van der Waals surface area (Å²) in [5.41, 5.74) is -1.04. The lowest BCUT2D eigenvalue weighted by molar-refractivity contribution is -0.138. The molecule has 1 aromatic carbocycles. The average molecular weight is 352 g/mol. The lowest BCUT2D eigenvalue weighted by atomic mass is 10.2. The van der Waals surface area contributed by atoms with Crippen molar-refractivity contribution in [2.24, 2.45) is 0 Å². The second-order valence-corrected chi connectivity index (χ2v) is 6.51. The van der Waals surface area contributed by atoms with Crippen LogP contribution in [0.2, 0.25) is 0 Å². The Labute approximate surface area is 120 Å². The zero-order chi connectivity index (χ0) is 16.6. The highest BCUT2D eigenvalue weighted by atomic mass is 35.7. The fourth-order valence-corrected chi connectivity index (χ4v) is 2.33. The third-order valence-electron chi connectivity index (χ3n) is 2.28. The fourth-order valence-electron chi connectivity index (χ4n) is 1.43. The van der Waals surface area contributed by atoms with Gasteiger partial charge in [0.2, 0.25) is 0 Å². The summed E-state index contributed by atoms with van der Waals surface area (Å²) in [6.07, 6.45) is -4.73. The number of hydrogen-bond acceptors (Lipinski definition) is 3. The molecular weight excluding hydrogens is 345 g/mol. The van der Waals surface area contributed by atoms with Gasteiger partial charge in [-0.2, -0.15) is 13.2 Å². The van der Waals surface area contributed by atoms with Crippen molar-refractivity contribution in [1.82, 2.24) is 4.90 Å². The van der Waals surface area contributed by atoms with E-state index in [1.165, 1.54) is 0 Å². The molecule has 0 fully saturated rings. The van der Waals surface area contributed by atoms with Crippen molar-refractivity contribution in [1.29, 1.82) is 0 Å². The number of carbonyl (C=O) groups is 1. The molecule has 11 heteroatoms. The number of amides is 1. The Morgan fingerprint density at radius 1 is 1.24 bits per heavy atom. The van der Waals surface area contributed by atoms with Crippen LogP contribution in [-0.4, -0.2) is 39.0 Å². The van der Waals surface area contributed by atoms with E-state index in [2.05, 4.69) is 0 Å². The maximum atomic E-state index is 13.5. The van der Waals surface area contributed by atoms with Crippen LogP contribution in [0.3, 0.4) is 0 Å². The molecular formula is C10H7ClF5NO3S. The van der Waals surface area contributed by atoms with Gasteiger partial charge in [0.1, 0.15) is 23.1 Å². The van der Waals surface area contributed by atoms with Crippen LogP contribution in [-0.2, 0) is 9.05 Å². The quantitative estimate of drug-likeness (QED) is 0.621. The van der Waals surface area contributed by atoms with Crippen LogP contribution in [0.25, 0.3) is 0 Å². The van der Waals surface area contributed by atoms with E-state index in [0.717, 1.165) is 7.05 Å². The van der Waals surface area contributed by atoms with Gasteiger partial charge in [-0.05, 0) is 6.07 Å². The van der Waals surface area contributed by atoms with E-state index in [0.29, 0.717) is 0 Å². The van der Waals surface area contributed by atoms with E-state index < -0.39 is 49.8 Å². The molecule has 21 heavy (non-hydrogen) atoms. The summed E-state index contributed by atoms with van der Waals surface area (Å²) < 4.78 is 85.2. The van der Waals surface area contributed by atoms with Gasteiger partial charge in [0.15, 0.2) is 0 Å². The van der Waals surface area contributed by atoms with Crippen molar-refractivity contribution in [3.63, 3.8) is 0 Å². The van der Waals surface area contributed by atoms with E-state index in [-0.39, 0.29) is 17.0 Å². The highest BCUT2D eigenvalue weighted by Crippen LogP contribution is 2.24. The van der Waals surface area contributed by atoms with Crippen molar-refractivity contribution >= 4 is 25.6 Å². The summed E-state index contributed by atoms with van der Waals surface area (Å²) >= 11 is 0. The fraction of sp³-hybridized carbons (Fsp3) is 0.300. The van der Waals surface area contributed by atoms with Crippen molar-refractivity contribution in [3.05, 3.63) is 29.3 Å². The van der Waals surface area contributed by atoms with Gasteiger partial charge < -0.3 is 4.90 Å². The van der Waals surface area contributed by atoms with E-state index in [1.807, 2.05) is 0 Å². The van der Waals surface area contributed by atoms with Crippen LogP contribution in [0.1, 0.15) is 10.4 Å². The molecule has 0 N–H and O–H groups in total. The summed E-state index contributed by atoms with van der Waals surface area (Å²) in [6.45, 7) is -1.69. The number of rotatable bonds is 3. The third-order valence-corrected chi connectivity index (χ3v) is 3.61. The highest BCUT2D eigenvalue weighted by Gasteiger charge is 2.33. The third kappa shape index (κ3) is 4.53. The number of hydrogen-bond donors (Lipinski definition) is 0. The minimum absolute atomic E-state index is 0.0594. The van der Waals surface area contributed by atoms with Gasteiger partial charge in [-0.15, -0.1) is 0 Å². The zero-order valence-corrected chi connectivity index (χ0v) is 11.8. The minimum atomic E-state index is -4.73. The van der Waals surface area contributed by atoms with Crippen LogP contribution in [0.15, 0.2) is 17.0 Å². The molecule has 0 unspecified atom stereocenters. The molecule has 0 aliphatic carbocycles. The van der Waals surface area contributed by atoms with Gasteiger partial charge in [-0.3, -0.25) is 4.79 Å². The Balaban J connectivity index is 3.28. The Bertz CT molecular complexity index is 674. The predicted molar refractivity (Wildman–Crippen MR) is 62.4 cm³/mol. The van der Waals surface area contributed by atoms with Crippen molar-refractivity contribution in [3.8, 4) is 0 Å². The number of alkyl halides is 3. The number of nitrogens with zero attached hydrogens (tertiary/aromatic N) is 1. The molecule has 118 valence electrons. The molecule has 4 nitrogen and oxygen atoms in total. The van der Waals surface area contributed by atoms with E-state index >= 15 is 0 Å². The smallest absolute Gasteiger partial charge is 0.333 e. The molecule has 0 aromatic heterocycles. The summed E-state index contributed by atoms with van der Waals surface area (Å²) in [5.74, 6) is -4.53. The summed E-state index contributed by atoms with van der Waals surface area (Å²) in [7, 11) is 0.984. The van der Waals surface area contributed by atoms with Gasteiger partial charge in [-0.25, -0.2) is 17.2 Å². The van der Waals surface area contributed by atoms with E-state index in [9.17, 15) is 35.2 Å². The molecule has 0 spiro atoms. The van der Waals surface area contributed by atoms with Crippen LogP contribution in [0.5, 0.6) is 0 Å². The first kappa shape index (κ1) is 17.6. The molecule has 0 heterocycles. The number of carbonyl (C=O) groups excluding carboxylic acids is 1. The predicted octanol–water partition coefficient (Wildman–Crippen LogP) is 2.53. The van der Waals surface area contributed by atoms with Gasteiger partial charge in [0.25, 0.3) is 15.0 Å². The van der Waals surface area contributed by atoms with Crippen molar-refractivity contribution < 1.29 is 35.2 Å². The van der Waals surface area contributed by atoms with Crippen LogP contribution in [0.4, 0.5) is 22.0 Å². The monoisotopic (exact) mass is 351 g/mol. The average Bonchev–Trinajstić information content (AvgIpc) is 2.23. The lowest BCUT2D eigenvalue weighted by Gasteiger charge is -2.19. The van der Waals surface area contributed by atoms with Crippen LogP contribution < -0.4 is 0 Å². The van der Waals surface area contributed by atoms with Crippen molar-refractivity contribution in [2.45, 2.75) is 11.1 Å². The van der Waals surface area contributed by atoms with Crippen molar-refractivity contribution in [2.75, 3.05) is 13.6 Å². The summed E-state index contributed by atoms with van der Waals surface area (Å²) in [5, 5.41) is 0. The second kappa shape index (κ2) is 5.76. The van der Waals surface area contributed by atoms with Gasteiger partial charge in [-0.1, -0.05) is 0 Å². The molecule has 1 amide bonds. The van der Waals surface area contributed by atoms with Gasteiger partial charge in [0, 0.05) is 23.8 Å². The van der Waals surface area contributed by atoms with E-state index in [4.69, 9.17) is 10.7 Å². The topological polar surface area (TPSA) is 54.5 Å². The van der Waals surface area contributed by atoms with Gasteiger partial charge >= 0.3 is 6.18 Å². The lowest BCUT2D eigenvalue weighted by Crippen LogP contribution is -2.36. The van der Waals surface area contributed by atoms with Gasteiger partial charge in [0.05, 0.1) is 5.56 Å². The molecule has 0 saturated heterocycles. The molecule has 1 rings (SSSR count). The van der Waals surface area contributed by atoms with E-state index in [1.54, 1.807) is 0 Å². The first-order valence-corrected chi connectivity index (χ1v) is 7.40. The molecule has 0 radical (unpaired) electrons. The Hall–Kier alpha value is -1.42. The molecule has 0 saturated carbocycles. The zero-order valence-electron chi connectivity index (χ0n) is 10.2. The maximum Gasteiger partial charge on any atom is 0.406 e. The Kier molecular flexibility index (Phi) is 4.83. The Morgan fingerprint density at radius 2 is 1.76 bits per heavy atom. The van der Waals surface area contributed by atoms with Crippen LogP contribution >= 0.6 is 10.7 Å². The number of benzene rings is 1. The molecule has 0 aliphatic heterocycles. The largest absolute Gasteiger partial charge is 0.406 e. The highest BCUT2D eigenvalue weighted by molar-refractivity contribution is 8.13. The van der Waals surface area contributed by atoms with Crippen LogP contribution in [0, 0.1) is 11.6 Å². The molecule has 0 atom stereocenters. The molecule has 0 aliphatic rings. The SMILES string of the molecule is CN(CC(F)(F)F)C(=O)c1cc(S(=O)(=O)Cl)c(F)cc1F. The molecule has 0 bridgehead atoms. The molecule has 1 aromatic rings. The first-order chi connectivity index (χ1) is 9.33. The Morgan fingerprint density at radius 3 is 2.19 bits per heavy atom. The summed E-state index contributed by atoms with van der Waals surface area (Å²) in [6, 6.07) is 0.312. The number of halogens is 6. The first-order valence-electron chi connectivity index (χ1n) is 5.09. The second-order valence-electron chi connectivity index (χ2n) is 3.98.